The van der Waals surface area contributed by atoms with Gasteiger partial charge in [-0.2, -0.15) is 0 Å². The molecule has 4 nitrogen and oxygen atoms in total. The zero-order chi connectivity index (χ0) is 24.0. The second-order valence-electron chi connectivity index (χ2n) is 12.5. The Labute approximate surface area is 204 Å². The van der Waals surface area contributed by atoms with Crippen molar-refractivity contribution in [3.8, 4) is 0 Å². The molecule has 3 saturated carbocycles. The van der Waals surface area contributed by atoms with E-state index in [1.54, 1.807) is 0 Å². The van der Waals surface area contributed by atoms with E-state index in [9.17, 15) is 9.59 Å². The molecule has 0 bridgehead atoms. The average molecular weight is 462 g/mol. The van der Waals surface area contributed by atoms with Crippen molar-refractivity contribution in [2.24, 2.45) is 28.6 Å². The maximum atomic E-state index is 13.4. The zero-order valence-corrected chi connectivity index (χ0v) is 21.4. The number of hydrogen-bond donors (Lipinski definition) is 0. The molecule has 4 fully saturated rings. The highest BCUT2D eigenvalue weighted by molar-refractivity contribution is 6.00. The molecule has 8 atom stereocenters. The molecule has 0 amide bonds. The van der Waals surface area contributed by atoms with Crippen LogP contribution in [-0.2, 0) is 14.3 Å². The Bertz CT molecular complexity index is 1080. The smallest absolute Gasteiger partial charge is 0.302 e. The number of anilines is 1. The zero-order valence-electron chi connectivity index (χ0n) is 21.4. The second-order valence-corrected chi connectivity index (χ2v) is 12.5. The Morgan fingerprint density at radius 1 is 1.03 bits per heavy atom. The Kier molecular flexibility index (Phi) is 4.74. The van der Waals surface area contributed by atoms with Gasteiger partial charge in [0.1, 0.15) is 11.6 Å². The first kappa shape index (κ1) is 22.4. The highest BCUT2D eigenvalue weighted by Gasteiger charge is 2.82. The summed E-state index contributed by atoms with van der Waals surface area (Å²) in [4.78, 5) is 27.4. The van der Waals surface area contributed by atoms with Gasteiger partial charge in [-0.05, 0) is 87.7 Å². The van der Waals surface area contributed by atoms with E-state index in [1.165, 1.54) is 30.2 Å². The summed E-state index contributed by atoms with van der Waals surface area (Å²) < 4.78 is 5.60. The van der Waals surface area contributed by atoms with Crippen molar-refractivity contribution < 1.29 is 14.3 Å². The summed E-state index contributed by atoms with van der Waals surface area (Å²) in [6, 6.07) is 9.11. The van der Waals surface area contributed by atoms with E-state index in [-0.39, 0.29) is 28.4 Å². The highest BCUT2D eigenvalue weighted by Crippen LogP contribution is 2.74. The van der Waals surface area contributed by atoms with Crippen molar-refractivity contribution in [3.05, 3.63) is 41.5 Å². The molecule has 5 aliphatic rings. The maximum absolute atomic E-state index is 13.4. The number of carbonyl (C=O) groups excluding carboxylic acids is 2. The average Bonchev–Trinajstić information content (AvgIpc) is 3.38. The molecule has 0 radical (unpaired) electrons. The number of allylic oxidation sites excluding steroid dienone is 1. The Morgan fingerprint density at radius 3 is 2.44 bits per heavy atom. The van der Waals surface area contributed by atoms with Gasteiger partial charge in [0.2, 0.25) is 0 Å². The number of piperidine rings is 1. The van der Waals surface area contributed by atoms with E-state index in [0.717, 1.165) is 38.5 Å². The predicted molar refractivity (Wildman–Crippen MR) is 133 cm³/mol. The van der Waals surface area contributed by atoms with E-state index < -0.39 is 0 Å². The standard InChI is InChI=1S/C30H39NO3/c1-18-6-9-22(10-7-18)31-27-17-26-24-11-8-21-16-23(34-20(3)33)12-14-28(21,4)25(24)13-15-29(26,5)30(27,31)19(2)32/h6-10,23-27H,11-17H2,1-5H3/t23-,24+,25-,26-,27+,28-,29-,30+,31?/m0/s1. The summed E-state index contributed by atoms with van der Waals surface area (Å²) >= 11 is 0. The summed E-state index contributed by atoms with van der Waals surface area (Å²) in [5.74, 6) is 2.14. The van der Waals surface area contributed by atoms with Crippen LogP contribution < -0.4 is 4.90 Å². The molecular weight excluding hydrogens is 422 g/mol. The summed E-state index contributed by atoms with van der Waals surface area (Å²) in [5, 5.41) is 0. The van der Waals surface area contributed by atoms with Crippen LogP contribution in [0.5, 0.6) is 0 Å². The lowest BCUT2D eigenvalue weighted by Gasteiger charge is -2.59. The lowest BCUT2D eigenvalue weighted by molar-refractivity contribution is -0.149. The molecule has 1 heterocycles. The molecule has 1 aromatic carbocycles. The van der Waals surface area contributed by atoms with Gasteiger partial charge >= 0.3 is 5.97 Å². The number of fused-ring (bicyclic) bond motifs is 7. The minimum Gasteiger partial charge on any atom is -0.462 e. The molecule has 0 aromatic heterocycles. The van der Waals surface area contributed by atoms with Crippen molar-refractivity contribution >= 4 is 17.4 Å². The molecule has 34 heavy (non-hydrogen) atoms. The van der Waals surface area contributed by atoms with Gasteiger partial charge in [-0.1, -0.05) is 43.2 Å². The Hall–Kier alpha value is -2.10. The SMILES string of the molecule is CC(=O)O[C@H]1CC[C@@]2(C)C(=CC[C@@H]3[C@@H]2CC[C@@]2(C)[C@H]3C[C@H]3N(c4ccc(C)cc4)[C@]32C(C)=O)C1. The van der Waals surface area contributed by atoms with Gasteiger partial charge in [-0.25, -0.2) is 0 Å². The lowest BCUT2D eigenvalue weighted by atomic mass is 9.46. The number of esters is 1. The van der Waals surface area contributed by atoms with Crippen LogP contribution in [0.2, 0.25) is 0 Å². The van der Waals surface area contributed by atoms with Crippen LogP contribution in [0.25, 0.3) is 0 Å². The van der Waals surface area contributed by atoms with Gasteiger partial charge in [-0.3, -0.25) is 9.59 Å². The summed E-state index contributed by atoms with van der Waals surface area (Å²) in [7, 11) is 0. The number of aryl methyl sites for hydroxylation is 1. The van der Waals surface area contributed by atoms with Crippen LogP contribution in [0.15, 0.2) is 35.9 Å². The van der Waals surface area contributed by atoms with Crippen LogP contribution in [0.4, 0.5) is 5.69 Å². The third-order valence-electron chi connectivity index (χ3n) is 11.1. The topological polar surface area (TPSA) is 46.4 Å². The first-order chi connectivity index (χ1) is 16.1. The molecule has 4 heteroatoms. The number of hydrogen-bond acceptors (Lipinski definition) is 4. The highest BCUT2D eigenvalue weighted by atomic mass is 16.5. The van der Waals surface area contributed by atoms with Crippen molar-refractivity contribution in [1.82, 2.24) is 0 Å². The molecule has 0 unspecified atom stereocenters. The summed E-state index contributed by atoms with van der Waals surface area (Å²) in [5.41, 5.74) is 3.93. The number of ether oxygens (including phenoxy) is 1. The van der Waals surface area contributed by atoms with Gasteiger partial charge in [0.25, 0.3) is 0 Å². The number of benzene rings is 1. The van der Waals surface area contributed by atoms with E-state index in [2.05, 4.69) is 56.0 Å². The van der Waals surface area contributed by atoms with Crippen LogP contribution in [0.3, 0.4) is 0 Å². The largest absolute Gasteiger partial charge is 0.462 e. The minimum atomic E-state index is -0.324. The van der Waals surface area contributed by atoms with Gasteiger partial charge in [0.15, 0.2) is 5.78 Å². The van der Waals surface area contributed by atoms with Gasteiger partial charge in [-0.15, -0.1) is 0 Å². The molecule has 182 valence electrons. The molecule has 6 rings (SSSR count). The van der Waals surface area contributed by atoms with Gasteiger partial charge < -0.3 is 9.64 Å². The quantitative estimate of drug-likeness (QED) is 0.314. The van der Waals surface area contributed by atoms with Crippen LogP contribution >= 0.6 is 0 Å². The number of nitrogens with zero attached hydrogens (tertiary/aromatic N) is 1. The normalized spacial score (nSPS) is 44.2. The monoisotopic (exact) mass is 461 g/mol. The maximum Gasteiger partial charge on any atom is 0.302 e. The van der Waals surface area contributed by atoms with E-state index >= 15 is 0 Å². The van der Waals surface area contributed by atoms with E-state index in [4.69, 9.17) is 4.74 Å². The van der Waals surface area contributed by atoms with Crippen molar-refractivity contribution in [2.45, 2.75) is 97.2 Å². The first-order valence-electron chi connectivity index (χ1n) is 13.4. The number of ketones is 1. The van der Waals surface area contributed by atoms with E-state index in [0.29, 0.717) is 29.6 Å². The van der Waals surface area contributed by atoms with Gasteiger partial charge in [0, 0.05) is 24.4 Å². The fraction of sp³-hybridized carbons (Fsp3) is 0.667. The summed E-state index contributed by atoms with van der Waals surface area (Å²) in [6.07, 6.45) is 10.1. The fourth-order valence-corrected chi connectivity index (χ4v) is 9.61. The Balaban J connectivity index is 1.30. The van der Waals surface area contributed by atoms with Crippen LogP contribution in [0.1, 0.15) is 78.2 Å². The lowest BCUT2D eigenvalue weighted by Crippen LogP contribution is -2.56. The number of rotatable bonds is 3. The van der Waals surface area contributed by atoms with Crippen molar-refractivity contribution in [3.63, 3.8) is 0 Å². The molecule has 1 aromatic rings. The molecule has 4 aliphatic carbocycles. The first-order valence-corrected chi connectivity index (χ1v) is 13.4. The minimum absolute atomic E-state index is 0.0339. The number of carbonyl (C=O) groups is 2. The fourth-order valence-electron chi connectivity index (χ4n) is 9.61. The van der Waals surface area contributed by atoms with Gasteiger partial charge in [0.05, 0.1) is 6.04 Å². The van der Waals surface area contributed by atoms with Crippen molar-refractivity contribution in [2.75, 3.05) is 4.90 Å². The number of Topliss-reactive ketones (excluding diaryl/α,β-unsaturated/α-hetero) is 1. The molecular formula is C30H39NO3. The van der Waals surface area contributed by atoms with Crippen LogP contribution in [-0.4, -0.2) is 29.4 Å². The summed E-state index contributed by atoms with van der Waals surface area (Å²) in [6.45, 7) is 10.4. The molecule has 0 spiro atoms. The van der Waals surface area contributed by atoms with Crippen molar-refractivity contribution in [1.29, 1.82) is 0 Å². The molecule has 0 N–H and O–H groups in total. The second kappa shape index (κ2) is 7.21. The predicted octanol–water partition coefficient (Wildman–Crippen LogP) is 6.02. The van der Waals surface area contributed by atoms with Crippen LogP contribution in [0, 0.1) is 35.5 Å². The molecule has 1 aliphatic heterocycles. The third-order valence-corrected chi connectivity index (χ3v) is 11.1. The Morgan fingerprint density at radius 2 is 1.76 bits per heavy atom. The third kappa shape index (κ3) is 2.72. The molecule has 1 saturated heterocycles. The van der Waals surface area contributed by atoms with E-state index in [1.807, 2.05) is 6.92 Å².